The Hall–Kier alpha value is -2.37. The van der Waals surface area contributed by atoms with Crippen LogP contribution in [0.1, 0.15) is 23.7 Å². The first-order valence-electron chi connectivity index (χ1n) is 7.60. The second-order valence-electron chi connectivity index (χ2n) is 5.21. The number of ether oxygens (including phenoxy) is 1. The summed E-state index contributed by atoms with van der Waals surface area (Å²) >= 11 is 0. The fraction of sp³-hybridized carbons (Fsp3) is 0.278. The van der Waals surface area contributed by atoms with E-state index in [4.69, 9.17) is 10.5 Å². The maximum absolute atomic E-state index is 11.4. The number of carbonyl (C=O) groups excluding carboxylic acids is 1. The van der Waals surface area contributed by atoms with Gasteiger partial charge in [0, 0.05) is 19.5 Å². The van der Waals surface area contributed by atoms with Gasteiger partial charge in [-0.2, -0.15) is 0 Å². The number of aliphatic hydroxyl groups is 1. The molecule has 0 fully saturated rings. The zero-order chi connectivity index (χ0) is 16.5. The van der Waals surface area contributed by atoms with Crippen molar-refractivity contribution in [2.24, 2.45) is 5.73 Å². The largest absolute Gasteiger partial charge is 0.489 e. The number of benzene rings is 2. The summed E-state index contributed by atoms with van der Waals surface area (Å²) in [4.78, 5) is 11.4. The summed E-state index contributed by atoms with van der Waals surface area (Å²) in [6.45, 7) is 0.916. The van der Waals surface area contributed by atoms with Crippen LogP contribution in [-0.2, 0) is 11.4 Å². The molecule has 23 heavy (non-hydrogen) atoms. The van der Waals surface area contributed by atoms with E-state index in [0.29, 0.717) is 24.5 Å². The van der Waals surface area contributed by atoms with Crippen LogP contribution >= 0.6 is 0 Å². The molecule has 0 aliphatic rings. The van der Waals surface area contributed by atoms with Crippen molar-refractivity contribution in [2.45, 2.75) is 19.1 Å². The average molecular weight is 314 g/mol. The van der Waals surface area contributed by atoms with Crippen molar-refractivity contribution >= 4 is 5.91 Å². The summed E-state index contributed by atoms with van der Waals surface area (Å²) < 4.78 is 5.73. The number of nitrogens with two attached hydrogens (primary N) is 1. The number of carbonyl (C=O) groups is 1. The maximum Gasteiger partial charge on any atom is 0.221 e. The Bertz CT molecular complexity index is 617. The molecule has 2 aromatic rings. The lowest BCUT2D eigenvalue weighted by Crippen LogP contribution is -2.29. The SMILES string of the molecule is NCCC(=O)NCC(O)c1cccc(OCc2ccccc2)c1. The van der Waals surface area contributed by atoms with E-state index in [1.54, 1.807) is 12.1 Å². The summed E-state index contributed by atoms with van der Waals surface area (Å²) in [6.07, 6.45) is -0.524. The molecule has 0 saturated heterocycles. The van der Waals surface area contributed by atoms with Gasteiger partial charge in [0.2, 0.25) is 5.91 Å². The van der Waals surface area contributed by atoms with Crippen LogP contribution in [0, 0.1) is 0 Å². The Morgan fingerprint density at radius 2 is 1.96 bits per heavy atom. The van der Waals surface area contributed by atoms with Crippen LogP contribution < -0.4 is 15.8 Å². The molecule has 0 aliphatic heterocycles. The van der Waals surface area contributed by atoms with E-state index in [1.807, 2.05) is 42.5 Å². The van der Waals surface area contributed by atoms with Gasteiger partial charge in [-0.05, 0) is 23.3 Å². The number of nitrogens with one attached hydrogen (secondary N) is 1. The van der Waals surface area contributed by atoms with Gasteiger partial charge in [-0.25, -0.2) is 0 Å². The Morgan fingerprint density at radius 3 is 2.70 bits per heavy atom. The third kappa shape index (κ3) is 5.73. The molecule has 0 spiro atoms. The van der Waals surface area contributed by atoms with Crippen molar-refractivity contribution in [2.75, 3.05) is 13.1 Å². The van der Waals surface area contributed by atoms with Gasteiger partial charge in [-0.1, -0.05) is 42.5 Å². The predicted molar refractivity (Wildman–Crippen MR) is 88.9 cm³/mol. The van der Waals surface area contributed by atoms with E-state index in [-0.39, 0.29) is 18.9 Å². The summed E-state index contributed by atoms with van der Waals surface area (Å²) in [7, 11) is 0. The Kier molecular flexibility index (Phi) is 6.59. The highest BCUT2D eigenvalue weighted by Crippen LogP contribution is 2.20. The summed E-state index contributed by atoms with van der Waals surface area (Å²) in [6, 6.07) is 17.1. The van der Waals surface area contributed by atoms with Crippen LogP contribution in [0.2, 0.25) is 0 Å². The molecule has 2 rings (SSSR count). The fourth-order valence-corrected chi connectivity index (χ4v) is 2.10. The molecule has 0 radical (unpaired) electrons. The highest BCUT2D eigenvalue weighted by molar-refractivity contribution is 5.76. The van der Waals surface area contributed by atoms with Crippen molar-refractivity contribution in [1.29, 1.82) is 0 Å². The van der Waals surface area contributed by atoms with E-state index < -0.39 is 6.10 Å². The fourth-order valence-electron chi connectivity index (χ4n) is 2.10. The number of amides is 1. The Morgan fingerprint density at radius 1 is 1.17 bits per heavy atom. The highest BCUT2D eigenvalue weighted by Gasteiger charge is 2.10. The highest BCUT2D eigenvalue weighted by atomic mass is 16.5. The van der Waals surface area contributed by atoms with Crippen molar-refractivity contribution in [3.8, 4) is 5.75 Å². The molecule has 0 aromatic heterocycles. The molecule has 2 aromatic carbocycles. The first-order chi connectivity index (χ1) is 11.2. The monoisotopic (exact) mass is 314 g/mol. The van der Waals surface area contributed by atoms with Gasteiger partial charge >= 0.3 is 0 Å². The summed E-state index contributed by atoms with van der Waals surface area (Å²) in [5, 5.41) is 12.8. The minimum absolute atomic E-state index is 0.154. The van der Waals surface area contributed by atoms with Gasteiger partial charge in [0.1, 0.15) is 12.4 Å². The van der Waals surface area contributed by atoms with Gasteiger partial charge in [0.05, 0.1) is 6.10 Å². The zero-order valence-electron chi connectivity index (χ0n) is 12.9. The van der Waals surface area contributed by atoms with E-state index >= 15 is 0 Å². The molecular formula is C18H22N2O3. The molecule has 5 nitrogen and oxygen atoms in total. The minimum atomic E-state index is -0.781. The smallest absolute Gasteiger partial charge is 0.221 e. The predicted octanol–water partition coefficient (Wildman–Crippen LogP) is 1.76. The van der Waals surface area contributed by atoms with Crippen LogP contribution in [0.3, 0.4) is 0 Å². The van der Waals surface area contributed by atoms with Gasteiger partial charge in [-0.15, -0.1) is 0 Å². The average Bonchev–Trinajstić information content (AvgIpc) is 2.59. The molecule has 0 heterocycles. The van der Waals surface area contributed by atoms with Gasteiger partial charge in [-0.3, -0.25) is 4.79 Å². The van der Waals surface area contributed by atoms with Crippen molar-refractivity contribution in [3.63, 3.8) is 0 Å². The Labute approximate surface area is 136 Å². The van der Waals surface area contributed by atoms with E-state index in [0.717, 1.165) is 5.56 Å². The lowest BCUT2D eigenvalue weighted by molar-refractivity contribution is -0.121. The quantitative estimate of drug-likeness (QED) is 0.693. The van der Waals surface area contributed by atoms with Crippen LogP contribution in [0.25, 0.3) is 0 Å². The minimum Gasteiger partial charge on any atom is -0.489 e. The van der Waals surface area contributed by atoms with Crippen molar-refractivity contribution in [3.05, 3.63) is 65.7 Å². The molecule has 0 saturated carbocycles. The second-order valence-corrected chi connectivity index (χ2v) is 5.21. The lowest BCUT2D eigenvalue weighted by atomic mass is 10.1. The first-order valence-corrected chi connectivity index (χ1v) is 7.60. The van der Waals surface area contributed by atoms with Gasteiger partial charge in [0.15, 0.2) is 0 Å². The molecule has 0 aliphatic carbocycles. The van der Waals surface area contributed by atoms with E-state index in [9.17, 15) is 9.90 Å². The normalized spacial score (nSPS) is 11.7. The number of hydrogen-bond donors (Lipinski definition) is 3. The lowest BCUT2D eigenvalue weighted by Gasteiger charge is -2.14. The number of hydrogen-bond acceptors (Lipinski definition) is 4. The topological polar surface area (TPSA) is 84.6 Å². The molecule has 4 N–H and O–H groups in total. The summed E-state index contributed by atoms with van der Waals surface area (Å²) in [5.74, 6) is 0.515. The van der Waals surface area contributed by atoms with Gasteiger partial charge in [0.25, 0.3) is 0 Å². The molecule has 0 bridgehead atoms. The molecule has 1 atom stereocenters. The maximum atomic E-state index is 11.4. The third-order valence-electron chi connectivity index (χ3n) is 3.36. The van der Waals surface area contributed by atoms with E-state index in [1.165, 1.54) is 0 Å². The van der Waals surface area contributed by atoms with Crippen LogP contribution in [0.5, 0.6) is 5.75 Å². The van der Waals surface area contributed by atoms with Crippen LogP contribution in [-0.4, -0.2) is 24.1 Å². The van der Waals surface area contributed by atoms with Crippen molar-refractivity contribution < 1.29 is 14.6 Å². The van der Waals surface area contributed by atoms with Crippen LogP contribution in [0.4, 0.5) is 0 Å². The molecule has 5 heteroatoms. The Balaban J connectivity index is 1.89. The summed E-state index contributed by atoms with van der Waals surface area (Å²) in [5.41, 5.74) is 7.08. The molecular weight excluding hydrogens is 292 g/mol. The van der Waals surface area contributed by atoms with Crippen molar-refractivity contribution in [1.82, 2.24) is 5.32 Å². The zero-order valence-corrected chi connectivity index (χ0v) is 12.9. The standard InChI is InChI=1S/C18H22N2O3/c19-10-9-18(22)20-12-17(21)15-7-4-8-16(11-15)23-13-14-5-2-1-3-6-14/h1-8,11,17,21H,9-10,12-13,19H2,(H,20,22). The second kappa shape index (κ2) is 8.92. The first kappa shape index (κ1) is 17.0. The molecule has 122 valence electrons. The molecule has 1 amide bonds. The number of aliphatic hydroxyl groups excluding tert-OH is 1. The van der Waals surface area contributed by atoms with E-state index in [2.05, 4.69) is 5.32 Å². The third-order valence-corrected chi connectivity index (χ3v) is 3.36. The van der Waals surface area contributed by atoms with Crippen LogP contribution in [0.15, 0.2) is 54.6 Å². The molecule has 1 unspecified atom stereocenters. The number of rotatable bonds is 8. The van der Waals surface area contributed by atoms with Gasteiger partial charge < -0.3 is 20.9 Å².